The highest BCUT2D eigenvalue weighted by atomic mass is 16.4. The lowest BCUT2D eigenvalue weighted by Gasteiger charge is -2.31. The third kappa shape index (κ3) is 2.37. The predicted molar refractivity (Wildman–Crippen MR) is 77.6 cm³/mol. The number of carbonyl (C=O) groups is 1. The summed E-state index contributed by atoms with van der Waals surface area (Å²) in [6.45, 7) is 6.00. The molecule has 2 aliphatic heterocycles. The van der Waals surface area contributed by atoms with Gasteiger partial charge in [0.2, 0.25) is 5.91 Å². The van der Waals surface area contributed by atoms with Crippen molar-refractivity contribution in [1.82, 2.24) is 10.2 Å². The van der Waals surface area contributed by atoms with Crippen molar-refractivity contribution in [3.8, 4) is 0 Å². The Labute approximate surface area is 120 Å². The SMILES string of the molecule is CCC(CC)(C(=O)NC1CCN2CCCC12)C(N)=NO. The van der Waals surface area contributed by atoms with Gasteiger partial charge in [0, 0.05) is 18.6 Å². The van der Waals surface area contributed by atoms with E-state index in [1.54, 1.807) is 0 Å². The molecule has 2 saturated heterocycles. The highest BCUT2D eigenvalue weighted by molar-refractivity contribution is 6.06. The molecule has 2 unspecified atom stereocenters. The highest BCUT2D eigenvalue weighted by Crippen LogP contribution is 2.31. The van der Waals surface area contributed by atoms with Crippen molar-refractivity contribution in [1.29, 1.82) is 0 Å². The number of fused-ring (bicyclic) bond motifs is 1. The van der Waals surface area contributed by atoms with Gasteiger partial charge in [0.1, 0.15) is 5.41 Å². The highest BCUT2D eigenvalue weighted by Gasteiger charge is 2.44. The summed E-state index contributed by atoms with van der Waals surface area (Å²) in [5.74, 6) is -0.0853. The molecule has 2 aliphatic rings. The number of nitrogens with zero attached hydrogens (tertiary/aromatic N) is 2. The van der Waals surface area contributed by atoms with Crippen molar-refractivity contribution in [3.63, 3.8) is 0 Å². The van der Waals surface area contributed by atoms with Crippen LogP contribution in [0.4, 0.5) is 0 Å². The van der Waals surface area contributed by atoms with Crippen LogP contribution in [0.2, 0.25) is 0 Å². The second-order valence-corrected chi connectivity index (χ2v) is 5.89. The van der Waals surface area contributed by atoms with E-state index in [-0.39, 0.29) is 17.8 Å². The Morgan fingerprint density at radius 2 is 2.10 bits per heavy atom. The smallest absolute Gasteiger partial charge is 0.234 e. The number of nitrogens with one attached hydrogen (secondary N) is 1. The molecular formula is C14H26N4O2. The molecule has 0 radical (unpaired) electrons. The Morgan fingerprint density at radius 1 is 1.40 bits per heavy atom. The Hall–Kier alpha value is -1.30. The quantitative estimate of drug-likeness (QED) is 0.302. The number of amidine groups is 1. The van der Waals surface area contributed by atoms with Gasteiger partial charge in [-0.1, -0.05) is 19.0 Å². The molecule has 2 heterocycles. The molecule has 0 aromatic rings. The summed E-state index contributed by atoms with van der Waals surface area (Å²) in [7, 11) is 0. The second kappa shape index (κ2) is 5.99. The molecule has 1 amide bonds. The van der Waals surface area contributed by atoms with Crippen LogP contribution in [0.3, 0.4) is 0 Å². The van der Waals surface area contributed by atoms with E-state index in [2.05, 4.69) is 15.4 Å². The third-order valence-electron chi connectivity index (χ3n) is 5.16. The van der Waals surface area contributed by atoms with Gasteiger partial charge in [0.25, 0.3) is 0 Å². The van der Waals surface area contributed by atoms with Crippen LogP contribution in [0.1, 0.15) is 46.0 Å². The summed E-state index contributed by atoms with van der Waals surface area (Å²) < 4.78 is 0. The third-order valence-corrected chi connectivity index (χ3v) is 5.16. The molecule has 6 heteroatoms. The minimum Gasteiger partial charge on any atom is -0.409 e. The van der Waals surface area contributed by atoms with Gasteiger partial charge in [0.05, 0.1) is 0 Å². The van der Waals surface area contributed by atoms with Crippen LogP contribution in [-0.2, 0) is 4.79 Å². The summed E-state index contributed by atoms with van der Waals surface area (Å²) in [6, 6.07) is 0.673. The molecule has 4 N–H and O–H groups in total. The molecule has 6 nitrogen and oxygen atoms in total. The molecule has 0 aromatic heterocycles. The molecule has 0 aliphatic carbocycles. The van der Waals surface area contributed by atoms with Crippen LogP contribution in [0, 0.1) is 5.41 Å². The van der Waals surface area contributed by atoms with Crippen LogP contribution in [0.25, 0.3) is 0 Å². The van der Waals surface area contributed by atoms with E-state index in [0.29, 0.717) is 18.9 Å². The largest absolute Gasteiger partial charge is 0.409 e. The predicted octanol–water partition coefficient (Wildman–Crippen LogP) is 0.892. The maximum absolute atomic E-state index is 12.7. The monoisotopic (exact) mass is 282 g/mol. The fourth-order valence-electron chi connectivity index (χ4n) is 3.70. The second-order valence-electron chi connectivity index (χ2n) is 5.89. The maximum Gasteiger partial charge on any atom is 0.234 e. The zero-order valence-electron chi connectivity index (χ0n) is 12.4. The van der Waals surface area contributed by atoms with Gasteiger partial charge in [-0.05, 0) is 38.6 Å². The minimum absolute atomic E-state index is 0.0151. The minimum atomic E-state index is -0.888. The summed E-state index contributed by atoms with van der Waals surface area (Å²) in [6.07, 6.45) is 4.43. The topological polar surface area (TPSA) is 91.0 Å². The summed E-state index contributed by atoms with van der Waals surface area (Å²) in [5, 5.41) is 15.2. The summed E-state index contributed by atoms with van der Waals surface area (Å²) in [4.78, 5) is 15.1. The summed E-state index contributed by atoms with van der Waals surface area (Å²) >= 11 is 0. The molecule has 20 heavy (non-hydrogen) atoms. The Bertz CT molecular complexity index is 393. The zero-order valence-corrected chi connectivity index (χ0v) is 12.4. The number of oxime groups is 1. The lowest BCUT2D eigenvalue weighted by Crippen LogP contribution is -2.53. The van der Waals surface area contributed by atoms with Crippen molar-refractivity contribution in [3.05, 3.63) is 0 Å². The van der Waals surface area contributed by atoms with E-state index in [1.165, 1.54) is 6.42 Å². The maximum atomic E-state index is 12.7. The average molecular weight is 282 g/mol. The van der Waals surface area contributed by atoms with E-state index < -0.39 is 5.41 Å². The fraction of sp³-hybridized carbons (Fsp3) is 0.857. The number of hydrogen-bond donors (Lipinski definition) is 3. The van der Waals surface area contributed by atoms with Crippen molar-refractivity contribution in [2.45, 2.75) is 58.0 Å². The van der Waals surface area contributed by atoms with Crippen molar-refractivity contribution in [2.24, 2.45) is 16.3 Å². The first kappa shape index (κ1) is 15.1. The van der Waals surface area contributed by atoms with Crippen LogP contribution < -0.4 is 11.1 Å². The molecular weight excluding hydrogens is 256 g/mol. The van der Waals surface area contributed by atoms with Crippen molar-refractivity contribution >= 4 is 11.7 Å². The lowest BCUT2D eigenvalue weighted by atomic mass is 9.79. The van der Waals surface area contributed by atoms with Gasteiger partial charge in [-0.15, -0.1) is 0 Å². The molecule has 0 spiro atoms. The molecule has 2 rings (SSSR count). The van der Waals surface area contributed by atoms with Gasteiger partial charge in [-0.2, -0.15) is 0 Å². The van der Waals surface area contributed by atoms with Crippen LogP contribution in [0.15, 0.2) is 5.16 Å². The molecule has 2 atom stereocenters. The van der Waals surface area contributed by atoms with E-state index in [4.69, 9.17) is 10.9 Å². The first-order valence-electron chi connectivity index (χ1n) is 7.62. The fourth-order valence-corrected chi connectivity index (χ4v) is 3.70. The molecule has 0 bridgehead atoms. The van der Waals surface area contributed by atoms with Crippen LogP contribution >= 0.6 is 0 Å². The van der Waals surface area contributed by atoms with E-state index in [0.717, 1.165) is 25.9 Å². The standard InChI is InChI=1S/C14H26N4O2/c1-3-14(4-2,12(15)17-20)13(19)16-10-7-9-18-8-5-6-11(10)18/h10-11,20H,3-9H2,1-2H3,(H2,15,17)(H,16,19). The van der Waals surface area contributed by atoms with E-state index in [1.807, 2.05) is 13.8 Å². The number of hydrogen-bond acceptors (Lipinski definition) is 4. The number of nitrogens with two attached hydrogens (primary N) is 1. The van der Waals surface area contributed by atoms with Gasteiger partial charge in [-0.3, -0.25) is 9.69 Å². The van der Waals surface area contributed by atoms with Gasteiger partial charge >= 0.3 is 0 Å². The number of carbonyl (C=O) groups excluding carboxylic acids is 1. The first-order chi connectivity index (χ1) is 9.58. The van der Waals surface area contributed by atoms with Gasteiger partial charge in [0.15, 0.2) is 5.84 Å². The molecule has 0 saturated carbocycles. The van der Waals surface area contributed by atoms with Crippen molar-refractivity contribution < 1.29 is 10.0 Å². The van der Waals surface area contributed by atoms with Gasteiger partial charge < -0.3 is 16.3 Å². The Morgan fingerprint density at radius 3 is 2.70 bits per heavy atom. The zero-order chi connectivity index (χ0) is 14.8. The average Bonchev–Trinajstić information content (AvgIpc) is 3.05. The normalized spacial score (nSPS) is 27.6. The number of amides is 1. The first-order valence-corrected chi connectivity index (χ1v) is 7.62. The number of rotatable bonds is 5. The Balaban J connectivity index is 2.09. The Kier molecular flexibility index (Phi) is 4.52. The van der Waals surface area contributed by atoms with Crippen molar-refractivity contribution in [2.75, 3.05) is 13.1 Å². The molecule has 2 fully saturated rings. The molecule has 0 aromatic carbocycles. The molecule has 114 valence electrons. The van der Waals surface area contributed by atoms with E-state index >= 15 is 0 Å². The summed E-state index contributed by atoms with van der Waals surface area (Å²) in [5.41, 5.74) is 4.90. The lowest BCUT2D eigenvalue weighted by molar-refractivity contribution is -0.128. The van der Waals surface area contributed by atoms with Crippen LogP contribution in [-0.4, -0.2) is 47.0 Å². The van der Waals surface area contributed by atoms with Crippen LogP contribution in [0.5, 0.6) is 0 Å². The van der Waals surface area contributed by atoms with Gasteiger partial charge in [-0.25, -0.2) is 0 Å². The van der Waals surface area contributed by atoms with E-state index in [9.17, 15) is 4.79 Å².